The highest BCUT2D eigenvalue weighted by Crippen LogP contribution is 2.15. The molecule has 0 bridgehead atoms. The SMILES string of the molecule is CCOC(=O)c1coc(C=O)c(OCc2ccccc2)c1=O. The average molecular weight is 302 g/mol. The zero-order valence-electron chi connectivity index (χ0n) is 11.9. The number of ether oxygens (including phenoxy) is 2. The Labute approximate surface area is 126 Å². The van der Waals surface area contributed by atoms with Crippen LogP contribution in [0.3, 0.4) is 0 Å². The molecule has 2 aromatic rings. The number of esters is 1. The number of benzene rings is 1. The van der Waals surface area contributed by atoms with Crippen LogP contribution in [0.2, 0.25) is 0 Å². The Kier molecular flexibility index (Phi) is 5.08. The Bertz CT molecular complexity index is 717. The molecular weight excluding hydrogens is 288 g/mol. The molecule has 0 fully saturated rings. The van der Waals surface area contributed by atoms with Crippen LogP contribution < -0.4 is 10.2 Å². The summed E-state index contributed by atoms with van der Waals surface area (Å²) in [6.07, 6.45) is 1.26. The molecule has 0 saturated carbocycles. The van der Waals surface area contributed by atoms with Crippen molar-refractivity contribution >= 4 is 12.3 Å². The van der Waals surface area contributed by atoms with Crippen molar-refractivity contribution in [3.63, 3.8) is 0 Å². The van der Waals surface area contributed by atoms with E-state index in [1.54, 1.807) is 19.1 Å². The van der Waals surface area contributed by atoms with E-state index >= 15 is 0 Å². The number of carbonyl (C=O) groups excluding carboxylic acids is 2. The lowest BCUT2D eigenvalue weighted by molar-refractivity contribution is 0.0520. The lowest BCUT2D eigenvalue weighted by Gasteiger charge is -2.08. The maximum Gasteiger partial charge on any atom is 0.345 e. The third-order valence-electron chi connectivity index (χ3n) is 2.81. The van der Waals surface area contributed by atoms with Gasteiger partial charge in [0, 0.05) is 0 Å². The van der Waals surface area contributed by atoms with Crippen LogP contribution in [0.4, 0.5) is 0 Å². The van der Waals surface area contributed by atoms with Gasteiger partial charge in [-0.3, -0.25) is 9.59 Å². The molecule has 6 heteroatoms. The van der Waals surface area contributed by atoms with Gasteiger partial charge in [0.15, 0.2) is 6.29 Å². The van der Waals surface area contributed by atoms with E-state index in [0.29, 0.717) is 6.29 Å². The van der Waals surface area contributed by atoms with E-state index in [1.807, 2.05) is 18.2 Å². The molecule has 0 aliphatic carbocycles. The van der Waals surface area contributed by atoms with Crippen molar-refractivity contribution < 1.29 is 23.5 Å². The lowest BCUT2D eigenvalue weighted by Crippen LogP contribution is -2.20. The molecular formula is C16H14O6. The molecule has 1 aromatic heterocycles. The molecule has 0 aliphatic rings. The minimum absolute atomic E-state index is 0.0682. The first-order chi connectivity index (χ1) is 10.7. The fourth-order valence-corrected chi connectivity index (χ4v) is 1.76. The van der Waals surface area contributed by atoms with Crippen molar-refractivity contribution in [3.05, 3.63) is 63.7 Å². The predicted octanol–water partition coefficient (Wildman–Crippen LogP) is 2.21. The summed E-state index contributed by atoms with van der Waals surface area (Å²) >= 11 is 0. The van der Waals surface area contributed by atoms with Crippen LogP contribution in [0.25, 0.3) is 0 Å². The molecule has 114 valence electrons. The Hall–Kier alpha value is -2.89. The van der Waals surface area contributed by atoms with Crippen LogP contribution in [-0.4, -0.2) is 18.9 Å². The monoisotopic (exact) mass is 302 g/mol. The average Bonchev–Trinajstić information content (AvgIpc) is 2.54. The van der Waals surface area contributed by atoms with Gasteiger partial charge in [0.05, 0.1) is 6.61 Å². The molecule has 0 saturated heterocycles. The van der Waals surface area contributed by atoms with Crippen molar-refractivity contribution in [1.82, 2.24) is 0 Å². The standard InChI is InChI=1S/C16H14O6/c1-2-20-16(19)12-10-21-13(8-17)15(14(12)18)22-9-11-6-4-3-5-7-11/h3-8,10H,2,9H2,1H3. The van der Waals surface area contributed by atoms with Gasteiger partial charge < -0.3 is 13.9 Å². The number of hydrogen-bond acceptors (Lipinski definition) is 6. The van der Waals surface area contributed by atoms with E-state index in [0.717, 1.165) is 11.8 Å². The minimum Gasteiger partial charge on any atom is -0.481 e. The zero-order chi connectivity index (χ0) is 15.9. The summed E-state index contributed by atoms with van der Waals surface area (Å²) < 4.78 is 15.1. The van der Waals surface area contributed by atoms with Crippen LogP contribution in [0.5, 0.6) is 5.75 Å². The van der Waals surface area contributed by atoms with E-state index in [4.69, 9.17) is 13.9 Å². The first-order valence-electron chi connectivity index (χ1n) is 6.62. The number of rotatable bonds is 6. The van der Waals surface area contributed by atoms with Gasteiger partial charge in [0.1, 0.15) is 18.4 Å². The summed E-state index contributed by atoms with van der Waals surface area (Å²) in [5.41, 5.74) is -0.237. The van der Waals surface area contributed by atoms with Crippen molar-refractivity contribution in [2.75, 3.05) is 6.61 Å². The van der Waals surface area contributed by atoms with E-state index in [-0.39, 0.29) is 30.3 Å². The smallest absolute Gasteiger partial charge is 0.345 e. The molecule has 0 amide bonds. The van der Waals surface area contributed by atoms with Crippen molar-refractivity contribution in [2.24, 2.45) is 0 Å². The molecule has 22 heavy (non-hydrogen) atoms. The molecule has 0 aliphatic heterocycles. The van der Waals surface area contributed by atoms with E-state index in [1.165, 1.54) is 0 Å². The van der Waals surface area contributed by atoms with Crippen molar-refractivity contribution in [1.29, 1.82) is 0 Å². The van der Waals surface area contributed by atoms with Crippen molar-refractivity contribution in [2.45, 2.75) is 13.5 Å². The molecule has 1 aromatic carbocycles. The molecule has 2 rings (SSSR count). The van der Waals surface area contributed by atoms with Crippen LogP contribution in [0, 0.1) is 0 Å². The molecule has 0 N–H and O–H groups in total. The van der Waals surface area contributed by atoms with Gasteiger partial charge in [-0.05, 0) is 12.5 Å². The summed E-state index contributed by atoms with van der Waals surface area (Å²) in [6.45, 7) is 1.80. The maximum absolute atomic E-state index is 12.2. The van der Waals surface area contributed by atoms with E-state index in [9.17, 15) is 14.4 Å². The van der Waals surface area contributed by atoms with Gasteiger partial charge in [-0.2, -0.15) is 0 Å². The Morgan fingerprint density at radius 2 is 2.00 bits per heavy atom. The van der Waals surface area contributed by atoms with Gasteiger partial charge in [-0.15, -0.1) is 0 Å². The largest absolute Gasteiger partial charge is 0.481 e. The normalized spacial score (nSPS) is 10.0. The second-order valence-corrected chi connectivity index (χ2v) is 4.28. The second kappa shape index (κ2) is 7.21. The van der Waals surface area contributed by atoms with Gasteiger partial charge in [-0.25, -0.2) is 4.79 Å². The minimum atomic E-state index is -0.821. The molecule has 1 heterocycles. The summed E-state index contributed by atoms with van der Waals surface area (Å²) in [7, 11) is 0. The first kappa shape index (κ1) is 15.5. The Morgan fingerprint density at radius 1 is 1.27 bits per heavy atom. The van der Waals surface area contributed by atoms with Gasteiger partial charge in [-0.1, -0.05) is 30.3 Å². The number of aldehydes is 1. The zero-order valence-corrected chi connectivity index (χ0v) is 11.9. The molecule has 0 unspecified atom stereocenters. The van der Waals surface area contributed by atoms with Crippen molar-refractivity contribution in [3.8, 4) is 5.75 Å². The number of carbonyl (C=O) groups is 2. The third-order valence-corrected chi connectivity index (χ3v) is 2.81. The maximum atomic E-state index is 12.2. The highest BCUT2D eigenvalue weighted by Gasteiger charge is 2.20. The molecule has 0 atom stereocenters. The quantitative estimate of drug-likeness (QED) is 0.601. The third kappa shape index (κ3) is 3.41. The highest BCUT2D eigenvalue weighted by molar-refractivity contribution is 5.90. The van der Waals surface area contributed by atoms with Crippen LogP contribution in [0.15, 0.2) is 45.8 Å². The second-order valence-electron chi connectivity index (χ2n) is 4.28. The first-order valence-corrected chi connectivity index (χ1v) is 6.62. The van der Waals surface area contributed by atoms with Gasteiger partial charge in [0.2, 0.25) is 16.9 Å². The van der Waals surface area contributed by atoms with Gasteiger partial charge in [0.25, 0.3) is 0 Å². The predicted molar refractivity (Wildman–Crippen MR) is 77.1 cm³/mol. The summed E-state index contributed by atoms with van der Waals surface area (Å²) in [6, 6.07) is 9.08. The van der Waals surface area contributed by atoms with Crippen LogP contribution in [0.1, 0.15) is 33.4 Å². The Morgan fingerprint density at radius 3 is 2.64 bits per heavy atom. The van der Waals surface area contributed by atoms with Gasteiger partial charge >= 0.3 is 5.97 Å². The lowest BCUT2D eigenvalue weighted by atomic mass is 10.2. The molecule has 6 nitrogen and oxygen atoms in total. The molecule has 0 spiro atoms. The number of hydrogen-bond donors (Lipinski definition) is 0. The Balaban J connectivity index is 2.32. The topological polar surface area (TPSA) is 82.8 Å². The summed E-state index contributed by atoms with van der Waals surface area (Å²) in [5.74, 6) is -1.39. The fraction of sp³-hybridized carbons (Fsp3) is 0.188. The van der Waals surface area contributed by atoms with E-state index < -0.39 is 11.4 Å². The van der Waals surface area contributed by atoms with Crippen LogP contribution >= 0.6 is 0 Å². The van der Waals surface area contributed by atoms with Crippen LogP contribution in [-0.2, 0) is 11.3 Å². The molecule has 0 radical (unpaired) electrons. The summed E-state index contributed by atoms with van der Waals surface area (Å²) in [4.78, 5) is 34.9. The van der Waals surface area contributed by atoms with E-state index in [2.05, 4.69) is 0 Å². The highest BCUT2D eigenvalue weighted by atomic mass is 16.5. The fourth-order valence-electron chi connectivity index (χ4n) is 1.76. The summed E-state index contributed by atoms with van der Waals surface area (Å²) in [5, 5.41) is 0.